The van der Waals surface area contributed by atoms with Crippen LogP contribution in [-0.2, 0) is 11.3 Å². The summed E-state index contributed by atoms with van der Waals surface area (Å²) in [4.78, 5) is 29.2. The Hall–Kier alpha value is -3.61. The van der Waals surface area contributed by atoms with E-state index in [0.29, 0.717) is 23.7 Å². The number of fused-ring (bicyclic) bond motifs is 1. The molecular weight excluding hydrogens is 370 g/mol. The molecule has 1 aliphatic heterocycles. The largest absolute Gasteiger partial charge is 0.482 e. The van der Waals surface area contributed by atoms with Gasteiger partial charge in [-0.05, 0) is 19.1 Å². The van der Waals surface area contributed by atoms with E-state index in [9.17, 15) is 9.59 Å². The standard InChI is InChI=1S/C22H21N3O4/c1-15-21(29-19-10-6-5-9-18(19)28-15)22(27)23-11-12-25-14-24-17(13-20(25)26)16-7-3-2-4-8-16/h2-10,13-15,21H,11-12H2,1H3,(H,23,27)/t15-,21-/m1/s1. The molecule has 29 heavy (non-hydrogen) atoms. The second-order valence-corrected chi connectivity index (χ2v) is 6.77. The maximum atomic E-state index is 12.5. The van der Waals surface area contributed by atoms with Gasteiger partial charge in [0.05, 0.1) is 12.0 Å². The first-order chi connectivity index (χ1) is 14.1. The summed E-state index contributed by atoms with van der Waals surface area (Å²) in [5, 5.41) is 2.80. The van der Waals surface area contributed by atoms with Crippen LogP contribution in [0.4, 0.5) is 0 Å². The summed E-state index contributed by atoms with van der Waals surface area (Å²) in [6.07, 6.45) is 0.329. The van der Waals surface area contributed by atoms with Gasteiger partial charge in [-0.1, -0.05) is 42.5 Å². The summed E-state index contributed by atoms with van der Waals surface area (Å²) in [7, 11) is 0. The fourth-order valence-corrected chi connectivity index (χ4v) is 3.17. The van der Waals surface area contributed by atoms with Crippen molar-refractivity contribution in [1.29, 1.82) is 0 Å². The van der Waals surface area contributed by atoms with Crippen molar-refractivity contribution < 1.29 is 14.3 Å². The predicted octanol–water partition coefficient (Wildman–Crippen LogP) is 2.25. The van der Waals surface area contributed by atoms with Gasteiger partial charge >= 0.3 is 0 Å². The molecule has 0 saturated carbocycles. The summed E-state index contributed by atoms with van der Waals surface area (Å²) in [5.74, 6) is 0.886. The smallest absolute Gasteiger partial charge is 0.265 e. The highest BCUT2D eigenvalue weighted by atomic mass is 16.6. The molecule has 1 N–H and O–H groups in total. The first-order valence-electron chi connectivity index (χ1n) is 9.44. The van der Waals surface area contributed by atoms with E-state index in [1.165, 1.54) is 17.0 Å². The molecule has 3 aromatic rings. The van der Waals surface area contributed by atoms with Crippen molar-refractivity contribution in [1.82, 2.24) is 14.9 Å². The number of nitrogens with one attached hydrogen (secondary N) is 1. The van der Waals surface area contributed by atoms with Crippen molar-refractivity contribution in [3.8, 4) is 22.8 Å². The van der Waals surface area contributed by atoms with Crippen molar-refractivity contribution >= 4 is 5.91 Å². The van der Waals surface area contributed by atoms with Gasteiger partial charge < -0.3 is 14.8 Å². The van der Waals surface area contributed by atoms with Crippen LogP contribution in [0.25, 0.3) is 11.3 Å². The fraction of sp³-hybridized carbons (Fsp3) is 0.227. The lowest BCUT2D eigenvalue weighted by molar-refractivity contribution is -0.133. The Morgan fingerprint density at radius 1 is 1.07 bits per heavy atom. The number of amides is 1. The molecule has 0 saturated heterocycles. The number of rotatable bonds is 5. The quantitative estimate of drug-likeness (QED) is 0.721. The minimum atomic E-state index is -0.750. The third-order valence-electron chi connectivity index (χ3n) is 4.70. The first kappa shape index (κ1) is 18.7. The maximum Gasteiger partial charge on any atom is 0.265 e. The Morgan fingerprint density at radius 2 is 1.76 bits per heavy atom. The molecule has 0 unspecified atom stereocenters. The van der Waals surface area contributed by atoms with Crippen molar-refractivity contribution in [3.05, 3.63) is 77.3 Å². The number of carbonyl (C=O) groups excluding carboxylic acids is 1. The third-order valence-corrected chi connectivity index (χ3v) is 4.70. The average molecular weight is 391 g/mol. The second-order valence-electron chi connectivity index (χ2n) is 6.77. The summed E-state index contributed by atoms with van der Waals surface area (Å²) in [6, 6.07) is 18.2. The van der Waals surface area contributed by atoms with E-state index in [1.54, 1.807) is 19.1 Å². The second kappa shape index (κ2) is 8.18. The monoisotopic (exact) mass is 391 g/mol. The summed E-state index contributed by atoms with van der Waals surface area (Å²) >= 11 is 0. The van der Waals surface area contributed by atoms with Crippen LogP contribution in [-0.4, -0.2) is 34.2 Å². The van der Waals surface area contributed by atoms with Crippen molar-refractivity contribution in [2.45, 2.75) is 25.7 Å². The Kier molecular flexibility index (Phi) is 5.29. The highest BCUT2D eigenvalue weighted by Crippen LogP contribution is 2.33. The van der Waals surface area contributed by atoms with Gasteiger partial charge in [-0.3, -0.25) is 14.2 Å². The predicted molar refractivity (Wildman–Crippen MR) is 108 cm³/mol. The highest BCUT2D eigenvalue weighted by Gasteiger charge is 2.33. The van der Waals surface area contributed by atoms with Gasteiger partial charge in [0.1, 0.15) is 6.10 Å². The number of hydrogen-bond acceptors (Lipinski definition) is 5. The van der Waals surface area contributed by atoms with Crippen molar-refractivity contribution in [2.24, 2.45) is 0 Å². The van der Waals surface area contributed by atoms with Gasteiger partial charge in [-0.15, -0.1) is 0 Å². The van der Waals surface area contributed by atoms with E-state index >= 15 is 0 Å². The van der Waals surface area contributed by atoms with Crippen LogP contribution in [0.15, 0.2) is 71.8 Å². The number of aromatic nitrogens is 2. The number of hydrogen-bond donors (Lipinski definition) is 1. The molecule has 4 rings (SSSR count). The molecule has 1 amide bonds. The molecule has 0 spiro atoms. The molecule has 2 heterocycles. The summed E-state index contributed by atoms with van der Waals surface area (Å²) < 4.78 is 13.0. The Bertz CT molecular complexity index is 1060. The maximum absolute atomic E-state index is 12.5. The zero-order valence-electron chi connectivity index (χ0n) is 15.9. The van der Waals surface area contributed by atoms with Gasteiger partial charge in [0.25, 0.3) is 11.5 Å². The average Bonchev–Trinajstić information content (AvgIpc) is 2.75. The number of carbonyl (C=O) groups is 1. The van der Waals surface area contributed by atoms with Crippen LogP contribution >= 0.6 is 0 Å². The SMILES string of the molecule is C[C@H]1Oc2ccccc2O[C@H]1C(=O)NCCn1cnc(-c2ccccc2)cc1=O. The van der Waals surface area contributed by atoms with Crippen molar-refractivity contribution in [3.63, 3.8) is 0 Å². The van der Waals surface area contributed by atoms with E-state index in [1.807, 2.05) is 42.5 Å². The van der Waals surface area contributed by atoms with Gasteiger partial charge in [-0.2, -0.15) is 0 Å². The number of ether oxygens (including phenoxy) is 2. The normalized spacial score (nSPS) is 17.6. The molecule has 0 bridgehead atoms. The Balaban J connectivity index is 1.35. The zero-order valence-corrected chi connectivity index (χ0v) is 15.9. The molecule has 0 fully saturated rings. The van der Waals surface area contributed by atoms with E-state index in [0.717, 1.165) is 5.56 Å². The molecular formula is C22H21N3O4. The first-order valence-corrected chi connectivity index (χ1v) is 9.44. The summed E-state index contributed by atoms with van der Waals surface area (Å²) in [6.45, 7) is 2.38. The lowest BCUT2D eigenvalue weighted by Gasteiger charge is -2.31. The van der Waals surface area contributed by atoms with E-state index in [-0.39, 0.29) is 18.0 Å². The van der Waals surface area contributed by atoms with E-state index in [4.69, 9.17) is 9.47 Å². The van der Waals surface area contributed by atoms with E-state index in [2.05, 4.69) is 10.3 Å². The highest BCUT2D eigenvalue weighted by molar-refractivity contribution is 5.82. The molecule has 2 aromatic carbocycles. The van der Waals surface area contributed by atoms with Crippen LogP contribution in [0.2, 0.25) is 0 Å². The van der Waals surface area contributed by atoms with E-state index < -0.39 is 12.2 Å². The Labute approximate surface area is 167 Å². The van der Waals surface area contributed by atoms with Gasteiger partial charge in [0, 0.05) is 24.7 Å². The lowest BCUT2D eigenvalue weighted by Crippen LogP contribution is -2.49. The number of nitrogens with zero attached hydrogens (tertiary/aromatic N) is 2. The molecule has 7 nitrogen and oxygen atoms in total. The van der Waals surface area contributed by atoms with Gasteiger partial charge in [0.2, 0.25) is 6.10 Å². The molecule has 0 aliphatic carbocycles. The Morgan fingerprint density at radius 3 is 2.48 bits per heavy atom. The van der Waals surface area contributed by atoms with Gasteiger partial charge in [0.15, 0.2) is 11.5 Å². The zero-order chi connectivity index (χ0) is 20.2. The number of para-hydroxylation sites is 2. The summed E-state index contributed by atoms with van der Waals surface area (Å²) in [5.41, 5.74) is 1.33. The topological polar surface area (TPSA) is 82.4 Å². The van der Waals surface area contributed by atoms with Crippen LogP contribution in [0, 0.1) is 0 Å². The molecule has 148 valence electrons. The lowest BCUT2D eigenvalue weighted by atomic mass is 10.1. The van der Waals surface area contributed by atoms with Gasteiger partial charge in [-0.25, -0.2) is 4.98 Å². The van der Waals surface area contributed by atoms with Crippen LogP contribution < -0.4 is 20.3 Å². The third kappa shape index (κ3) is 4.13. The molecule has 0 radical (unpaired) electrons. The molecule has 1 aliphatic rings. The minimum absolute atomic E-state index is 0.173. The van der Waals surface area contributed by atoms with Crippen LogP contribution in [0.3, 0.4) is 0 Å². The molecule has 7 heteroatoms. The molecule has 1 aromatic heterocycles. The van der Waals surface area contributed by atoms with Crippen molar-refractivity contribution in [2.75, 3.05) is 6.54 Å². The van der Waals surface area contributed by atoms with Crippen LogP contribution in [0.5, 0.6) is 11.5 Å². The number of benzene rings is 2. The minimum Gasteiger partial charge on any atom is -0.482 e. The molecule has 2 atom stereocenters. The van der Waals surface area contributed by atoms with Crippen LogP contribution in [0.1, 0.15) is 6.92 Å². The fourth-order valence-electron chi connectivity index (χ4n) is 3.17.